The van der Waals surface area contributed by atoms with E-state index < -0.39 is 12.2 Å². The average molecular weight is 314 g/mol. The summed E-state index contributed by atoms with van der Waals surface area (Å²) in [5.41, 5.74) is 2.39. The Morgan fingerprint density at radius 3 is 1.83 bits per heavy atom. The maximum Gasteiger partial charge on any atom is 0.118 e. The van der Waals surface area contributed by atoms with Gasteiger partial charge in [-0.05, 0) is 55.4 Å². The Kier molecular flexibility index (Phi) is 7.11. The molecule has 0 radical (unpaired) electrons. The highest BCUT2D eigenvalue weighted by molar-refractivity contribution is 5.27. The first-order valence-corrected chi connectivity index (χ1v) is 8.20. The monoisotopic (exact) mass is 314 g/mol. The molecule has 2 atom stereocenters. The van der Waals surface area contributed by atoms with Crippen LogP contribution in [-0.4, -0.2) is 29.5 Å². The summed E-state index contributed by atoms with van der Waals surface area (Å²) in [6.45, 7) is 0. The van der Waals surface area contributed by atoms with Crippen LogP contribution in [0.25, 0.3) is 0 Å². The van der Waals surface area contributed by atoms with Crippen LogP contribution in [0.2, 0.25) is 0 Å². The molecule has 0 aliphatic carbocycles. The first-order chi connectivity index (χ1) is 11.2. The van der Waals surface area contributed by atoms with Gasteiger partial charge in [0, 0.05) is 0 Å². The predicted molar refractivity (Wildman–Crippen MR) is 92.7 cm³/mol. The Hall–Kier alpha value is -1.84. The molecule has 0 fully saturated rings. The van der Waals surface area contributed by atoms with Gasteiger partial charge >= 0.3 is 0 Å². The number of rotatable bonds is 9. The standard InChI is InChI=1S/C20H26O3/c1-23-20-13-9-17(10-14-20)8-12-19(22)15-18(21)11-7-16-5-3-2-4-6-16/h2-6,9-10,13-14,18-19,21-22H,7-8,11-12,15H2,1H3/t18-,19-/m0/s1. The van der Waals surface area contributed by atoms with Crippen molar-refractivity contribution in [3.8, 4) is 5.75 Å². The van der Waals surface area contributed by atoms with Gasteiger partial charge in [0.2, 0.25) is 0 Å². The molecule has 3 heteroatoms. The molecule has 3 nitrogen and oxygen atoms in total. The van der Waals surface area contributed by atoms with Crippen LogP contribution in [0, 0.1) is 0 Å². The first-order valence-electron chi connectivity index (χ1n) is 8.20. The van der Waals surface area contributed by atoms with E-state index in [1.165, 1.54) is 11.1 Å². The van der Waals surface area contributed by atoms with E-state index in [1.807, 2.05) is 42.5 Å². The van der Waals surface area contributed by atoms with Crippen molar-refractivity contribution in [2.24, 2.45) is 0 Å². The van der Waals surface area contributed by atoms with Crippen molar-refractivity contribution in [1.29, 1.82) is 0 Å². The topological polar surface area (TPSA) is 49.7 Å². The summed E-state index contributed by atoms with van der Waals surface area (Å²) >= 11 is 0. The second-order valence-corrected chi connectivity index (χ2v) is 5.95. The highest BCUT2D eigenvalue weighted by atomic mass is 16.5. The maximum absolute atomic E-state index is 10.1. The van der Waals surface area contributed by atoms with Crippen LogP contribution in [0.4, 0.5) is 0 Å². The number of hydrogen-bond donors (Lipinski definition) is 2. The normalized spacial score (nSPS) is 13.5. The van der Waals surface area contributed by atoms with Crippen LogP contribution >= 0.6 is 0 Å². The third-order valence-electron chi connectivity index (χ3n) is 4.08. The van der Waals surface area contributed by atoms with E-state index >= 15 is 0 Å². The average Bonchev–Trinajstić information content (AvgIpc) is 2.59. The smallest absolute Gasteiger partial charge is 0.118 e. The van der Waals surface area contributed by atoms with Gasteiger partial charge in [0.25, 0.3) is 0 Å². The van der Waals surface area contributed by atoms with Gasteiger partial charge < -0.3 is 14.9 Å². The van der Waals surface area contributed by atoms with Gasteiger partial charge in [-0.15, -0.1) is 0 Å². The zero-order chi connectivity index (χ0) is 16.5. The summed E-state index contributed by atoms with van der Waals surface area (Å²) in [4.78, 5) is 0. The van der Waals surface area contributed by atoms with Gasteiger partial charge in [-0.25, -0.2) is 0 Å². The quantitative estimate of drug-likeness (QED) is 0.746. The lowest BCUT2D eigenvalue weighted by Gasteiger charge is -2.16. The molecule has 0 aromatic heterocycles. The Balaban J connectivity index is 1.67. The van der Waals surface area contributed by atoms with E-state index in [2.05, 4.69) is 12.1 Å². The Bertz CT molecular complexity index is 551. The number of methoxy groups -OCH3 is 1. The minimum Gasteiger partial charge on any atom is -0.497 e. The number of aliphatic hydroxyl groups is 2. The molecule has 2 aromatic carbocycles. The fourth-order valence-electron chi connectivity index (χ4n) is 2.65. The van der Waals surface area contributed by atoms with E-state index in [0.29, 0.717) is 19.3 Å². The molecule has 124 valence electrons. The third-order valence-corrected chi connectivity index (χ3v) is 4.08. The number of benzene rings is 2. The highest BCUT2D eigenvalue weighted by Crippen LogP contribution is 2.15. The van der Waals surface area contributed by atoms with Gasteiger partial charge in [0.1, 0.15) is 5.75 Å². The summed E-state index contributed by atoms with van der Waals surface area (Å²) in [5.74, 6) is 0.839. The van der Waals surface area contributed by atoms with Crippen LogP contribution in [0.15, 0.2) is 54.6 Å². The first kappa shape index (κ1) is 17.5. The second kappa shape index (κ2) is 9.33. The summed E-state index contributed by atoms with van der Waals surface area (Å²) in [6.07, 6.45) is 2.49. The number of aryl methyl sites for hydroxylation is 2. The molecule has 0 aliphatic rings. The fourth-order valence-corrected chi connectivity index (χ4v) is 2.65. The van der Waals surface area contributed by atoms with E-state index in [1.54, 1.807) is 7.11 Å². The number of aliphatic hydroxyl groups excluding tert-OH is 2. The molecule has 2 aromatic rings. The van der Waals surface area contributed by atoms with Crippen molar-refractivity contribution in [2.75, 3.05) is 7.11 Å². The molecule has 0 bridgehead atoms. The van der Waals surface area contributed by atoms with Gasteiger partial charge in [-0.3, -0.25) is 0 Å². The second-order valence-electron chi connectivity index (χ2n) is 5.95. The van der Waals surface area contributed by atoms with Crippen LogP contribution in [0.1, 0.15) is 30.4 Å². The van der Waals surface area contributed by atoms with Crippen molar-refractivity contribution in [1.82, 2.24) is 0 Å². The molecule has 0 saturated carbocycles. The minimum atomic E-state index is -0.470. The Morgan fingerprint density at radius 1 is 0.783 bits per heavy atom. The van der Waals surface area contributed by atoms with Crippen molar-refractivity contribution >= 4 is 0 Å². The Morgan fingerprint density at radius 2 is 1.30 bits per heavy atom. The lowest BCUT2D eigenvalue weighted by Crippen LogP contribution is -2.19. The van der Waals surface area contributed by atoms with E-state index in [4.69, 9.17) is 4.74 Å². The SMILES string of the molecule is COc1ccc(CC[C@H](O)C[C@@H](O)CCc2ccccc2)cc1. The van der Waals surface area contributed by atoms with Gasteiger partial charge in [0.15, 0.2) is 0 Å². The van der Waals surface area contributed by atoms with Gasteiger partial charge in [0.05, 0.1) is 19.3 Å². The largest absolute Gasteiger partial charge is 0.497 e. The van der Waals surface area contributed by atoms with Gasteiger partial charge in [-0.1, -0.05) is 42.5 Å². The lowest BCUT2D eigenvalue weighted by atomic mass is 9.99. The van der Waals surface area contributed by atoms with E-state index in [-0.39, 0.29) is 0 Å². The van der Waals surface area contributed by atoms with Crippen molar-refractivity contribution in [2.45, 2.75) is 44.3 Å². The maximum atomic E-state index is 10.1. The predicted octanol–water partition coefficient (Wildman–Crippen LogP) is 3.37. The molecule has 0 heterocycles. The molecule has 0 aliphatic heterocycles. The molecular weight excluding hydrogens is 288 g/mol. The minimum absolute atomic E-state index is 0.434. The molecule has 0 unspecified atom stereocenters. The summed E-state index contributed by atoms with van der Waals surface area (Å²) < 4.78 is 5.13. The molecule has 2 rings (SSSR count). The summed E-state index contributed by atoms with van der Waals surface area (Å²) in [7, 11) is 1.65. The van der Waals surface area contributed by atoms with Crippen LogP contribution in [-0.2, 0) is 12.8 Å². The Labute approximate surface area is 138 Å². The fraction of sp³-hybridized carbons (Fsp3) is 0.400. The number of hydrogen-bond acceptors (Lipinski definition) is 3. The zero-order valence-electron chi connectivity index (χ0n) is 13.7. The zero-order valence-corrected chi connectivity index (χ0v) is 13.7. The lowest BCUT2D eigenvalue weighted by molar-refractivity contribution is 0.0714. The molecular formula is C20H26O3. The van der Waals surface area contributed by atoms with Crippen molar-refractivity contribution < 1.29 is 14.9 Å². The van der Waals surface area contributed by atoms with Crippen LogP contribution < -0.4 is 4.74 Å². The molecule has 0 spiro atoms. The molecule has 2 N–H and O–H groups in total. The molecule has 0 saturated heterocycles. The van der Waals surface area contributed by atoms with Crippen molar-refractivity contribution in [3.63, 3.8) is 0 Å². The van der Waals surface area contributed by atoms with Crippen LogP contribution in [0.5, 0.6) is 5.75 Å². The van der Waals surface area contributed by atoms with Gasteiger partial charge in [-0.2, -0.15) is 0 Å². The highest BCUT2D eigenvalue weighted by Gasteiger charge is 2.12. The van der Waals surface area contributed by atoms with Crippen LogP contribution in [0.3, 0.4) is 0 Å². The van der Waals surface area contributed by atoms with Crippen molar-refractivity contribution in [3.05, 3.63) is 65.7 Å². The molecule has 23 heavy (non-hydrogen) atoms. The number of ether oxygens (including phenoxy) is 1. The van der Waals surface area contributed by atoms with E-state index in [9.17, 15) is 10.2 Å². The summed E-state index contributed by atoms with van der Waals surface area (Å²) in [6, 6.07) is 18.0. The summed E-state index contributed by atoms with van der Waals surface area (Å²) in [5, 5.41) is 20.2. The third kappa shape index (κ3) is 6.43. The molecule has 0 amide bonds. The van der Waals surface area contributed by atoms with E-state index in [0.717, 1.165) is 18.6 Å².